The van der Waals surface area contributed by atoms with Gasteiger partial charge in [-0.05, 0) is 37.5 Å². The number of unbranched alkanes of at least 4 members (excludes halogenated alkanes) is 15. The Labute approximate surface area is 202 Å². The second-order valence-corrected chi connectivity index (χ2v) is 11.0. The van der Waals surface area contributed by atoms with E-state index in [4.69, 9.17) is 4.74 Å². The van der Waals surface area contributed by atoms with Gasteiger partial charge in [0.25, 0.3) is 0 Å². The highest BCUT2D eigenvalue weighted by Gasteiger charge is 2.20. The molecule has 0 radical (unpaired) electrons. The first-order valence-corrected chi connectivity index (χ1v) is 14.8. The summed E-state index contributed by atoms with van der Waals surface area (Å²) in [4.78, 5) is 11.4. The van der Waals surface area contributed by atoms with Crippen LogP contribution in [0.1, 0.15) is 168 Å². The zero-order chi connectivity index (χ0) is 23.3. The molecular weight excluding hydrogens is 392 g/mol. The summed E-state index contributed by atoms with van der Waals surface area (Å²) < 4.78 is 5.45. The highest BCUT2D eigenvalue weighted by Crippen LogP contribution is 2.26. The zero-order valence-electron chi connectivity index (χ0n) is 22.3. The summed E-state index contributed by atoms with van der Waals surface area (Å²) in [6.07, 6.45) is 31.0. The van der Waals surface area contributed by atoms with Gasteiger partial charge in [0.1, 0.15) is 6.10 Å². The molecule has 190 valence electrons. The number of hydrogen-bond acceptors (Lipinski definition) is 2. The average molecular weight is 451 g/mol. The van der Waals surface area contributed by atoms with Crippen LogP contribution in [0, 0.1) is 11.8 Å². The van der Waals surface area contributed by atoms with E-state index in [2.05, 4.69) is 20.8 Å². The monoisotopic (exact) mass is 450 g/mol. The smallest absolute Gasteiger partial charge is 0.306 e. The third-order valence-corrected chi connectivity index (χ3v) is 7.88. The topological polar surface area (TPSA) is 26.3 Å². The largest absolute Gasteiger partial charge is 0.462 e. The molecule has 0 bridgehead atoms. The second-order valence-electron chi connectivity index (χ2n) is 11.0. The van der Waals surface area contributed by atoms with E-state index in [1.807, 2.05) is 0 Å². The van der Waals surface area contributed by atoms with E-state index in [1.54, 1.807) is 0 Å². The van der Waals surface area contributed by atoms with Crippen molar-refractivity contribution in [2.45, 2.75) is 175 Å². The molecule has 1 fully saturated rings. The molecule has 0 aromatic heterocycles. The SMILES string of the molecule is CCCCCCCCCCCCCCCCCCC(C)C(C)CCCC1CCCC(=O)O1. The molecule has 2 heteroatoms. The van der Waals surface area contributed by atoms with E-state index in [9.17, 15) is 4.79 Å². The van der Waals surface area contributed by atoms with Gasteiger partial charge in [0.05, 0.1) is 0 Å². The highest BCUT2D eigenvalue weighted by molar-refractivity contribution is 5.70. The van der Waals surface area contributed by atoms with Crippen LogP contribution >= 0.6 is 0 Å². The van der Waals surface area contributed by atoms with Crippen molar-refractivity contribution < 1.29 is 9.53 Å². The van der Waals surface area contributed by atoms with Crippen molar-refractivity contribution in [1.29, 1.82) is 0 Å². The molecule has 0 aromatic rings. The average Bonchev–Trinajstić information content (AvgIpc) is 2.78. The molecule has 3 atom stereocenters. The lowest BCUT2D eigenvalue weighted by atomic mass is 9.86. The van der Waals surface area contributed by atoms with E-state index in [0.717, 1.165) is 31.1 Å². The molecular formula is C30H58O2. The van der Waals surface area contributed by atoms with Crippen LogP contribution in [0.15, 0.2) is 0 Å². The summed E-state index contributed by atoms with van der Waals surface area (Å²) >= 11 is 0. The Balaban J connectivity index is 1.80. The molecule has 0 N–H and O–H groups in total. The van der Waals surface area contributed by atoms with E-state index < -0.39 is 0 Å². The maximum atomic E-state index is 11.4. The molecule has 32 heavy (non-hydrogen) atoms. The van der Waals surface area contributed by atoms with Crippen LogP contribution in [0.2, 0.25) is 0 Å². The Bertz CT molecular complexity index is 419. The quantitative estimate of drug-likeness (QED) is 0.121. The molecule has 0 amide bonds. The molecule has 0 spiro atoms. The summed E-state index contributed by atoms with van der Waals surface area (Å²) in [5.41, 5.74) is 0. The number of hydrogen-bond donors (Lipinski definition) is 0. The maximum absolute atomic E-state index is 11.4. The third-order valence-electron chi connectivity index (χ3n) is 7.88. The fourth-order valence-corrected chi connectivity index (χ4v) is 5.23. The molecule has 1 rings (SSSR count). The van der Waals surface area contributed by atoms with Gasteiger partial charge >= 0.3 is 5.97 Å². The number of rotatable bonds is 22. The van der Waals surface area contributed by atoms with Crippen molar-refractivity contribution in [2.24, 2.45) is 11.8 Å². The number of carbonyl (C=O) groups excluding carboxylic acids is 1. The van der Waals surface area contributed by atoms with Gasteiger partial charge in [0, 0.05) is 6.42 Å². The first kappa shape index (κ1) is 29.5. The van der Waals surface area contributed by atoms with Crippen molar-refractivity contribution in [3.63, 3.8) is 0 Å². The molecule has 0 aliphatic carbocycles. The minimum absolute atomic E-state index is 0.0196. The normalized spacial score (nSPS) is 18.5. The van der Waals surface area contributed by atoms with E-state index in [1.165, 1.54) is 122 Å². The van der Waals surface area contributed by atoms with Crippen molar-refractivity contribution in [2.75, 3.05) is 0 Å². The first-order valence-electron chi connectivity index (χ1n) is 14.8. The molecule has 0 saturated carbocycles. The van der Waals surface area contributed by atoms with Gasteiger partial charge in [-0.3, -0.25) is 4.79 Å². The van der Waals surface area contributed by atoms with Crippen LogP contribution < -0.4 is 0 Å². The number of ether oxygens (including phenoxy) is 1. The molecule has 2 nitrogen and oxygen atoms in total. The van der Waals surface area contributed by atoms with Crippen LogP contribution in [-0.2, 0) is 9.53 Å². The zero-order valence-corrected chi connectivity index (χ0v) is 22.3. The Morgan fingerprint density at radius 1 is 0.688 bits per heavy atom. The van der Waals surface area contributed by atoms with Gasteiger partial charge in [0.2, 0.25) is 0 Å². The lowest BCUT2D eigenvalue weighted by Gasteiger charge is -2.24. The fourth-order valence-electron chi connectivity index (χ4n) is 5.23. The van der Waals surface area contributed by atoms with Crippen molar-refractivity contribution >= 4 is 5.97 Å². The summed E-state index contributed by atoms with van der Waals surface area (Å²) in [6, 6.07) is 0. The predicted molar refractivity (Wildman–Crippen MR) is 140 cm³/mol. The predicted octanol–water partition coefficient (Wildman–Crippen LogP) is 10.2. The van der Waals surface area contributed by atoms with E-state index in [-0.39, 0.29) is 12.1 Å². The number of carbonyl (C=O) groups is 1. The molecule has 1 heterocycles. The molecule has 1 aliphatic heterocycles. The Morgan fingerprint density at radius 3 is 1.59 bits per heavy atom. The maximum Gasteiger partial charge on any atom is 0.306 e. The summed E-state index contributed by atoms with van der Waals surface area (Å²) in [5.74, 6) is 1.65. The molecule has 0 aromatic carbocycles. The van der Waals surface area contributed by atoms with Gasteiger partial charge < -0.3 is 4.74 Å². The standard InChI is InChI=1S/C30H58O2/c1-4-5-6-7-8-9-10-11-12-13-14-15-16-17-18-19-22-27(2)28(3)23-20-24-29-25-21-26-30(31)32-29/h27-29H,4-26H2,1-3H3. The fraction of sp³-hybridized carbons (Fsp3) is 0.967. The third kappa shape index (κ3) is 17.0. The lowest BCUT2D eigenvalue weighted by Crippen LogP contribution is -2.23. The van der Waals surface area contributed by atoms with Crippen LogP contribution in [0.5, 0.6) is 0 Å². The van der Waals surface area contributed by atoms with Crippen LogP contribution in [0.4, 0.5) is 0 Å². The second kappa shape index (κ2) is 21.0. The number of cyclic esters (lactones) is 1. The van der Waals surface area contributed by atoms with Gasteiger partial charge in [0.15, 0.2) is 0 Å². The van der Waals surface area contributed by atoms with Gasteiger partial charge in [-0.2, -0.15) is 0 Å². The Morgan fingerprint density at radius 2 is 1.12 bits per heavy atom. The summed E-state index contributed by atoms with van der Waals surface area (Å²) in [6.45, 7) is 7.16. The minimum Gasteiger partial charge on any atom is -0.462 e. The molecule has 1 aliphatic rings. The van der Waals surface area contributed by atoms with Crippen LogP contribution in [0.25, 0.3) is 0 Å². The van der Waals surface area contributed by atoms with Crippen molar-refractivity contribution in [3.8, 4) is 0 Å². The van der Waals surface area contributed by atoms with Crippen molar-refractivity contribution in [3.05, 3.63) is 0 Å². The highest BCUT2D eigenvalue weighted by atomic mass is 16.5. The molecule has 1 saturated heterocycles. The van der Waals surface area contributed by atoms with Crippen LogP contribution in [0.3, 0.4) is 0 Å². The Kier molecular flexibility index (Phi) is 19.4. The van der Waals surface area contributed by atoms with Gasteiger partial charge in [-0.25, -0.2) is 0 Å². The summed E-state index contributed by atoms with van der Waals surface area (Å²) in [7, 11) is 0. The van der Waals surface area contributed by atoms with Gasteiger partial charge in [-0.1, -0.05) is 136 Å². The summed E-state index contributed by atoms with van der Waals surface area (Å²) in [5, 5.41) is 0. The van der Waals surface area contributed by atoms with E-state index in [0.29, 0.717) is 6.42 Å². The lowest BCUT2D eigenvalue weighted by molar-refractivity contribution is -0.154. The first-order chi connectivity index (χ1) is 15.6. The Hall–Kier alpha value is -0.530. The van der Waals surface area contributed by atoms with Gasteiger partial charge in [-0.15, -0.1) is 0 Å². The number of esters is 1. The minimum atomic E-state index is 0.0196. The van der Waals surface area contributed by atoms with E-state index >= 15 is 0 Å². The van der Waals surface area contributed by atoms with Crippen molar-refractivity contribution in [1.82, 2.24) is 0 Å². The molecule has 3 unspecified atom stereocenters. The van der Waals surface area contributed by atoms with Crippen LogP contribution in [-0.4, -0.2) is 12.1 Å².